The van der Waals surface area contributed by atoms with E-state index in [2.05, 4.69) is 37.2 Å². The number of hydrogen-bond donors (Lipinski definition) is 0. The van der Waals surface area contributed by atoms with Crippen molar-refractivity contribution >= 4 is 11.6 Å². The number of nitrogens with zero attached hydrogens (tertiary/aromatic N) is 1. The zero-order valence-corrected chi connectivity index (χ0v) is 16.8. The Morgan fingerprint density at radius 3 is 1.39 bits per heavy atom. The van der Waals surface area contributed by atoms with Crippen molar-refractivity contribution in [3.05, 3.63) is 83.4 Å². The van der Waals surface area contributed by atoms with Crippen LogP contribution < -0.4 is 0 Å². The number of benzene rings is 3. The molecule has 3 aromatic carbocycles. The van der Waals surface area contributed by atoms with E-state index in [1.54, 1.807) is 13.8 Å². The molecule has 3 heteroatoms. The highest BCUT2D eigenvalue weighted by atomic mass is 16.1. The fourth-order valence-corrected chi connectivity index (χ4v) is 3.38. The van der Waals surface area contributed by atoms with Crippen molar-refractivity contribution in [2.75, 3.05) is 14.1 Å². The van der Waals surface area contributed by atoms with Crippen LogP contribution in [-0.2, 0) is 6.54 Å². The van der Waals surface area contributed by atoms with Crippen LogP contribution in [0.2, 0.25) is 0 Å². The molecule has 3 nitrogen and oxygen atoms in total. The molecule has 0 aromatic heterocycles. The Balaban J connectivity index is 2.12. The van der Waals surface area contributed by atoms with E-state index in [1.165, 1.54) is 5.56 Å². The first-order valence-electron chi connectivity index (χ1n) is 9.36. The lowest BCUT2D eigenvalue weighted by molar-refractivity contribution is 0.100. The summed E-state index contributed by atoms with van der Waals surface area (Å²) in [6.45, 7) is 3.95. The maximum Gasteiger partial charge on any atom is 0.159 e. The molecule has 0 aliphatic carbocycles. The Kier molecular flexibility index (Phi) is 5.86. The van der Waals surface area contributed by atoms with Crippen LogP contribution in [0.5, 0.6) is 0 Å². The van der Waals surface area contributed by atoms with E-state index in [9.17, 15) is 9.59 Å². The van der Waals surface area contributed by atoms with Gasteiger partial charge in [-0.1, -0.05) is 66.7 Å². The van der Waals surface area contributed by atoms with Crippen molar-refractivity contribution in [1.29, 1.82) is 0 Å². The van der Waals surface area contributed by atoms with Crippen molar-refractivity contribution in [1.82, 2.24) is 4.90 Å². The zero-order chi connectivity index (χ0) is 20.3. The largest absolute Gasteiger partial charge is 0.305 e. The quantitative estimate of drug-likeness (QED) is 0.538. The summed E-state index contributed by atoms with van der Waals surface area (Å²) in [7, 11) is 4.11. The predicted octanol–water partition coefficient (Wildman–Crippen LogP) is 5.49. The van der Waals surface area contributed by atoms with Crippen LogP contribution in [0.4, 0.5) is 0 Å². The van der Waals surface area contributed by atoms with Gasteiger partial charge in [0.05, 0.1) is 0 Å². The van der Waals surface area contributed by atoms with Gasteiger partial charge in [-0.25, -0.2) is 0 Å². The first-order chi connectivity index (χ1) is 13.4. The smallest absolute Gasteiger partial charge is 0.159 e. The zero-order valence-electron chi connectivity index (χ0n) is 16.8. The van der Waals surface area contributed by atoms with E-state index >= 15 is 0 Å². The van der Waals surface area contributed by atoms with Gasteiger partial charge in [0.2, 0.25) is 0 Å². The number of carbonyl (C=O) groups excluding carboxylic acids is 2. The topological polar surface area (TPSA) is 37.4 Å². The molecule has 0 N–H and O–H groups in total. The van der Waals surface area contributed by atoms with Gasteiger partial charge in [-0.2, -0.15) is 0 Å². The third-order valence-electron chi connectivity index (χ3n) is 4.86. The predicted molar refractivity (Wildman–Crippen MR) is 115 cm³/mol. The molecule has 0 aliphatic heterocycles. The van der Waals surface area contributed by atoms with Crippen LogP contribution >= 0.6 is 0 Å². The van der Waals surface area contributed by atoms with E-state index in [4.69, 9.17) is 0 Å². The van der Waals surface area contributed by atoms with E-state index < -0.39 is 0 Å². The number of ketones is 2. The summed E-state index contributed by atoms with van der Waals surface area (Å²) in [6, 6.07) is 21.9. The molecule has 0 saturated heterocycles. The van der Waals surface area contributed by atoms with Crippen LogP contribution in [0.25, 0.3) is 22.3 Å². The molecule has 3 rings (SSSR count). The summed E-state index contributed by atoms with van der Waals surface area (Å²) in [4.78, 5) is 25.3. The molecule has 0 bridgehead atoms. The Morgan fingerprint density at radius 2 is 1.07 bits per heavy atom. The van der Waals surface area contributed by atoms with Gasteiger partial charge in [0, 0.05) is 17.7 Å². The monoisotopic (exact) mass is 371 g/mol. The molecular weight excluding hydrogens is 346 g/mol. The van der Waals surface area contributed by atoms with Crippen molar-refractivity contribution < 1.29 is 9.59 Å². The van der Waals surface area contributed by atoms with E-state index in [-0.39, 0.29) is 11.6 Å². The minimum absolute atomic E-state index is 0.0689. The van der Waals surface area contributed by atoms with Gasteiger partial charge in [-0.15, -0.1) is 0 Å². The third kappa shape index (κ3) is 4.26. The van der Waals surface area contributed by atoms with Crippen LogP contribution in [0.1, 0.15) is 40.1 Å². The molecule has 0 saturated carbocycles. The number of Topliss-reactive ketones (excluding diaryl/α,β-unsaturated/α-hetero) is 2. The summed E-state index contributed by atoms with van der Waals surface area (Å²) in [5, 5.41) is 0. The third-order valence-corrected chi connectivity index (χ3v) is 4.86. The number of hydrogen-bond acceptors (Lipinski definition) is 3. The number of carbonyl (C=O) groups is 2. The lowest BCUT2D eigenvalue weighted by atomic mass is 9.90. The molecule has 0 atom stereocenters. The molecule has 3 aromatic rings. The van der Waals surface area contributed by atoms with Gasteiger partial charge in [-0.3, -0.25) is 9.59 Å². The Bertz CT molecular complexity index is 924. The molecule has 0 radical (unpaired) electrons. The van der Waals surface area contributed by atoms with E-state index in [0.717, 1.165) is 28.8 Å². The highest BCUT2D eigenvalue weighted by molar-refractivity contribution is 5.95. The van der Waals surface area contributed by atoms with Gasteiger partial charge in [0.15, 0.2) is 11.6 Å². The van der Waals surface area contributed by atoms with E-state index in [0.29, 0.717) is 11.1 Å². The Hall–Kier alpha value is -3.04. The van der Waals surface area contributed by atoms with Crippen LogP contribution in [-0.4, -0.2) is 30.6 Å². The molecule has 0 fully saturated rings. The van der Waals surface area contributed by atoms with Crippen LogP contribution in [0.3, 0.4) is 0 Å². The first kappa shape index (κ1) is 19.7. The normalized spacial score (nSPS) is 10.9. The summed E-state index contributed by atoms with van der Waals surface area (Å²) < 4.78 is 0. The first-order valence-corrected chi connectivity index (χ1v) is 9.36. The molecule has 0 amide bonds. The average Bonchev–Trinajstić information content (AvgIpc) is 2.68. The summed E-state index contributed by atoms with van der Waals surface area (Å²) in [5.41, 5.74) is 7.13. The van der Waals surface area contributed by atoms with Crippen LogP contribution in [0, 0.1) is 0 Å². The molecule has 0 heterocycles. The van der Waals surface area contributed by atoms with Crippen molar-refractivity contribution in [2.45, 2.75) is 20.4 Å². The van der Waals surface area contributed by atoms with Gasteiger partial charge in [-0.05, 0) is 55.8 Å². The lowest BCUT2D eigenvalue weighted by Crippen LogP contribution is -2.12. The molecular formula is C25H25NO2. The second kappa shape index (κ2) is 8.32. The fraction of sp³-hybridized carbons (Fsp3) is 0.200. The molecule has 28 heavy (non-hydrogen) atoms. The number of rotatable bonds is 6. The second-order valence-electron chi connectivity index (χ2n) is 7.34. The second-order valence-corrected chi connectivity index (χ2v) is 7.34. The average molecular weight is 371 g/mol. The van der Waals surface area contributed by atoms with Gasteiger partial charge in [0.1, 0.15) is 0 Å². The summed E-state index contributed by atoms with van der Waals surface area (Å²) >= 11 is 0. The summed E-state index contributed by atoms with van der Waals surface area (Å²) in [6.07, 6.45) is 0. The molecule has 0 unspecified atom stereocenters. The molecule has 0 spiro atoms. The van der Waals surface area contributed by atoms with Crippen molar-refractivity contribution in [2.24, 2.45) is 0 Å². The molecule has 0 aliphatic rings. The highest BCUT2D eigenvalue weighted by Gasteiger charge is 2.13. The lowest BCUT2D eigenvalue weighted by Gasteiger charge is -2.19. The maximum atomic E-state index is 11.6. The minimum Gasteiger partial charge on any atom is -0.305 e. The standard InChI is InChI=1S/C25H25NO2/c1-17(27)19-8-12-21(13-9-19)23-6-5-7-24(25(23)16-26(3)4)22-14-10-20(11-15-22)18(2)28/h5-15H,16H2,1-4H3. The highest BCUT2D eigenvalue weighted by Crippen LogP contribution is 2.33. The van der Waals surface area contributed by atoms with Gasteiger partial charge >= 0.3 is 0 Å². The van der Waals surface area contributed by atoms with Crippen molar-refractivity contribution in [3.63, 3.8) is 0 Å². The van der Waals surface area contributed by atoms with Crippen molar-refractivity contribution in [3.8, 4) is 22.3 Å². The SMILES string of the molecule is CC(=O)c1ccc(-c2cccc(-c3ccc(C(C)=O)cc3)c2CN(C)C)cc1. The Morgan fingerprint density at radius 1 is 0.679 bits per heavy atom. The van der Waals surface area contributed by atoms with Crippen LogP contribution in [0.15, 0.2) is 66.7 Å². The van der Waals surface area contributed by atoms with Gasteiger partial charge in [0.25, 0.3) is 0 Å². The Labute approximate surface area is 166 Å². The van der Waals surface area contributed by atoms with Gasteiger partial charge < -0.3 is 4.90 Å². The minimum atomic E-state index is 0.0689. The maximum absolute atomic E-state index is 11.6. The van der Waals surface area contributed by atoms with E-state index in [1.807, 2.05) is 48.5 Å². The summed E-state index contributed by atoms with van der Waals surface area (Å²) in [5.74, 6) is 0.138. The fourth-order valence-electron chi connectivity index (χ4n) is 3.38. The molecule has 142 valence electrons.